The van der Waals surface area contributed by atoms with Gasteiger partial charge in [-0.05, 0) is 33.1 Å². The van der Waals surface area contributed by atoms with Crippen LogP contribution in [0.3, 0.4) is 0 Å². The Hall–Kier alpha value is -0.610. The molecular weight excluding hydrogens is 206 g/mol. The fraction of sp³-hybridized carbons (Fsp3) is 0.917. The molecule has 1 N–H and O–H groups in total. The second kappa shape index (κ2) is 6.86. The third-order valence-corrected chi connectivity index (χ3v) is 2.99. The van der Waals surface area contributed by atoms with E-state index in [0.29, 0.717) is 13.0 Å². The monoisotopic (exact) mass is 229 g/mol. The van der Waals surface area contributed by atoms with E-state index < -0.39 is 0 Å². The number of ether oxygens (including phenoxy) is 1. The molecule has 1 aliphatic rings. The molecule has 0 aromatic carbocycles. The van der Waals surface area contributed by atoms with Gasteiger partial charge in [-0.3, -0.25) is 4.79 Å². The minimum absolute atomic E-state index is 0.0316. The maximum atomic E-state index is 11.9. The van der Waals surface area contributed by atoms with Gasteiger partial charge in [0.05, 0.1) is 12.7 Å². The van der Waals surface area contributed by atoms with Crippen LogP contribution in [0.25, 0.3) is 0 Å². The van der Waals surface area contributed by atoms with Crippen LogP contribution in [0.15, 0.2) is 0 Å². The van der Waals surface area contributed by atoms with Gasteiger partial charge < -0.3 is 14.7 Å². The van der Waals surface area contributed by atoms with Crippen molar-refractivity contribution in [3.05, 3.63) is 0 Å². The fourth-order valence-electron chi connectivity index (χ4n) is 2.08. The van der Waals surface area contributed by atoms with Crippen molar-refractivity contribution >= 4 is 5.91 Å². The summed E-state index contributed by atoms with van der Waals surface area (Å²) in [6.07, 6.45) is 3.81. The second-order valence-corrected chi connectivity index (χ2v) is 4.58. The lowest BCUT2D eigenvalue weighted by Gasteiger charge is -2.26. The smallest absolute Gasteiger partial charge is 0.222 e. The summed E-state index contributed by atoms with van der Waals surface area (Å²) in [7, 11) is 0. The normalized spacial score (nSPS) is 20.4. The highest BCUT2D eigenvalue weighted by Gasteiger charge is 2.20. The molecule has 0 saturated carbocycles. The summed E-state index contributed by atoms with van der Waals surface area (Å²) >= 11 is 0. The highest BCUT2D eigenvalue weighted by molar-refractivity contribution is 5.76. The van der Waals surface area contributed by atoms with E-state index in [2.05, 4.69) is 0 Å². The Balaban J connectivity index is 2.30. The summed E-state index contributed by atoms with van der Waals surface area (Å²) in [5.74, 6) is 0.125. The highest BCUT2D eigenvalue weighted by atomic mass is 16.5. The first-order valence-electron chi connectivity index (χ1n) is 6.17. The number of aliphatic hydroxyl groups is 1. The molecule has 1 heterocycles. The SMILES string of the molecule is CC(C)N(CCO)C(=O)CCC1CCCO1. The maximum absolute atomic E-state index is 11.9. The summed E-state index contributed by atoms with van der Waals surface area (Å²) in [5.41, 5.74) is 0. The third-order valence-electron chi connectivity index (χ3n) is 2.99. The molecule has 16 heavy (non-hydrogen) atoms. The van der Waals surface area contributed by atoms with Crippen molar-refractivity contribution < 1.29 is 14.6 Å². The van der Waals surface area contributed by atoms with Crippen molar-refractivity contribution in [3.63, 3.8) is 0 Å². The summed E-state index contributed by atoms with van der Waals surface area (Å²) in [4.78, 5) is 13.6. The van der Waals surface area contributed by atoms with Crippen LogP contribution in [-0.2, 0) is 9.53 Å². The van der Waals surface area contributed by atoms with Gasteiger partial charge in [0, 0.05) is 25.6 Å². The van der Waals surface area contributed by atoms with Crippen LogP contribution < -0.4 is 0 Å². The average Bonchev–Trinajstić information content (AvgIpc) is 2.75. The summed E-state index contributed by atoms with van der Waals surface area (Å²) in [6.45, 7) is 5.24. The van der Waals surface area contributed by atoms with Gasteiger partial charge in [0.2, 0.25) is 5.91 Å². The first-order valence-corrected chi connectivity index (χ1v) is 6.17. The van der Waals surface area contributed by atoms with Gasteiger partial charge in [-0.1, -0.05) is 0 Å². The molecule has 1 rings (SSSR count). The number of amides is 1. The van der Waals surface area contributed by atoms with Crippen molar-refractivity contribution in [2.45, 2.75) is 51.7 Å². The summed E-state index contributed by atoms with van der Waals surface area (Å²) in [5, 5.41) is 8.90. The topological polar surface area (TPSA) is 49.8 Å². The van der Waals surface area contributed by atoms with Gasteiger partial charge in [-0.15, -0.1) is 0 Å². The first-order chi connectivity index (χ1) is 7.65. The third kappa shape index (κ3) is 4.10. The van der Waals surface area contributed by atoms with Gasteiger partial charge in [0.25, 0.3) is 0 Å². The van der Waals surface area contributed by atoms with Crippen LogP contribution in [0, 0.1) is 0 Å². The molecule has 0 spiro atoms. The summed E-state index contributed by atoms with van der Waals surface area (Å²) in [6, 6.07) is 0.157. The van der Waals surface area contributed by atoms with E-state index in [1.54, 1.807) is 4.90 Å². The van der Waals surface area contributed by atoms with Crippen molar-refractivity contribution in [2.24, 2.45) is 0 Å². The molecule has 0 aromatic rings. The van der Waals surface area contributed by atoms with Crippen molar-refractivity contribution in [1.29, 1.82) is 0 Å². The molecule has 1 aliphatic heterocycles. The largest absolute Gasteiger partial charge is 0.395 e. The Morgan fingerprint density at radius 1 is 1.56 bits per heavy atom. The molecule has 1 fully saturated rings. The Labute approximate surface area is 97.6 Å². The van der Waals surface area contributed by atoms with Gasteiger partial charge in [0.1, 0.15) is 0 Å². The lowest BCUT2D eigenvalue weighted by molar-refractivity contribution is -0.134. The molecule has 94 valence electrons. The van der Waals surface area contributed by atoms with Crippen LogP contribution in [0.5, 0.6) is 0 Å². The number of carbonyl (C=O) groups excluding carboxylic acids is 1. The van der Waals surface area contributed by atoms with E-state index in [9.17, 15) is 4.79 Å². The zero-order chi connectivity index (χ0) is 12.0. The lowest BCUT2D eigenvalue weighted by Crippen LogP contribution is -2.39. The van der Waals surface area contributed by atoms with E-state index in [0.717, 1.165) is 25.9 Å². The number of aliphatic hydroxyl groups excluding tert-OH is 1. The molecule has 0 bridgehead atoms. The predicted octanol–water partition coefficient (Wildman–Crippen LogP) is 1.17. The van der Waals surface area contributed by atoms with Crippen molar-refractivity contribution in [1.82, 2.24) is 4.90 Å². The molecule has 0 aromatic heterocycles. The molecular formula is C12H23NO3. The average molecular weight is 229 g/mol. The van der Waals surface area contributed by atoms with Gasteiger partial charge in [0.15, 0.2) is 0 Å². The molecule has 0 radical (unpaired) electrons. The quantitative estimate of drug-likeness (QED) is 0.744. The van der Waals surface area contributed by atoms with Crippen LogP contribution in [-0.4, -0.2) is 47.8 Å². The van der Waals surface area contributed by atoms with Crippen molar-refractivity contribution in [3.8, 4) is 0 Å². The Bertz CT molecular complexity index is 212. The van der Waals surface area contributed by atoms with E-state index in [4.69, 9.17) is 9.84 Å². The Morgan fingerprint density at radius 2 is 2.31 bits per heavy atom. The van der Waals surface area contributed by atoms with Gasteiger partial charge in [-0.25, -0.2) is 0 Å². The fourth-order valence-corrected chi connectivity index (χ4v) is 2.08. The number of carbonyl (C=O) groups is 1. The molecule has 0 aliphatic carbocycles. The van der Waals surface area contributed by atoms with E-state index in [1.807, 2.05) is 13.8 Å². The second-order valence-electron chi connectivity index (χ2n) is 4.58. The zero-order valence-electron chi connectivity index (χ0n) is 10.3. The van der Waals surface area contributed by atoms with Crippen LogP contribution in [0.1, 0.15) is 39.5 Å². The molecule has 1 atom stereocenters. The highest BCUT2D eigenvalue weighted by Crippen LogP contribution is 2.17. The Kier molecular flexibility index (Phi) is 5.77. The minimum Gasteiger partial charge on any atom is -0.395 e. The number of nitrogens with zero attached hydrogens (tertiary/aromatic N) is 1. The molecule has 1 unspecified atom stereocenters. The first kappa shape index (κ1) is 13.5. The van der Waals surface area contributed by atoms with Gasteiger partial charge >= 0.3 is 0 Å². The molecule has 1 amide bonds. The van der Waals surface area contributed by atoms with E-state index in [1.165, 1.54) is 0 Å². The van der Waals surface area contributed by atoms with Crippen molar-refractivity contribution in [2.75, 3.05) is 19.8 Å². The lowest BCUT2D eigenvalue weighted by atomic mass is 10.1. The van der Waals surface area contributed by atoms with E-state index >= 15 is 0 Å². The number of rotatable bonds is 6. The van der Waals surface area contributed by atoms with Gasteiger partial charge in [-0.2, -0.15) is 0 Å². The Morgan fingerprint density at radius 3 is 2.81 bits per heavy atom. The number of hydrogen-bond donors (Lipinski definition) is 1. The zero-order valence-corrected chi connectivity index (χ0v) is 10.3. The van der Waals surface area contributed by atoms with E-state index in [-0.39, 0.29) is 24.7 Å². The number of hydrogen-bond acceptors (Lipinski definition) is 3. The molecule has 4 heteroatoms. The minimum atomic E-state index is 0.0316. The predicted molar refractivity (Wildman–Crippen MR) is 62.1 cm³/mol. The standard InChI is InChI=1S/C12H23NO3/c1-10(2)13(7-8-14)12(15)6-5-11-4-3-9-16-11/h10-11,14H,3-9H2,1-2H3. The molecule has 1 saturated heterocycles. The summed E-state index contributed by atoms with van der Waals surface area (Å²) < 4.78 is 5.48. The maximum Gasteiger partial charge on any atom is 0.222 e. The van der Waals surface area contributed by atoms with Crippen LogP contribution in [0.4, 0.5) is 0 Å². The molecule has 4 nitrogen and oxygen atoms in total. The van der Waals surface area contributed by atoms with Crippen LogP contribution >= 0.6 is 0 Å². The van der Waals surface area contributed by atoms with Crippen LogP contribution in [0.2, 0.25) is 0 Å².